The molecule has 1 atom stereocenters. The molecule has 4 nitrogen and oxygen atoms in total. The number of anilines is 1. The number of benzene rings is 1. The topological polar surface area (TPSA) is 75.3 Å². The molecule has 0 fully saturated rings. The number of hydrogen-bond acceptors (Lipinski definition) is 3. The summed E-state index contributed by atoms with van der Waals surface area (Å²) in [7, 11) is 0. The summed E-state index contributed by atoms with van der Waals surface area (Å²) >= 11 is 11.7. The van der Waals surface area contributed by atoms with E-state index in [0.29, 0.717) is 5.56 Å². The summed E-state index contributed by atoms with van der Waals surface area (Å²) in [6.45, 7) is 3.91. The van der Waals surface area contributed by atoms with Gasteiger partial charge in [0.2, 0.25) is 0 Å². The fourth-order valence-electron chi connectivity index (χ4n) is 1.25. The molecule has 0 spiro atoms. The number of carbonyl (C=O) groups excluding carboxylic acids is 1. The first kappa shape index (κ1) is 15.1. The predicted molar refractivity (Wildman–Crippen MR) is 74.1 cm³/mol. The Kier molecular flexibility index (Phi) is 5.26. The second-order valence-corrected chi connectivity index (χ2v) is 5.19. The van der Waals surface area contributed by atoms with Gasteiger partial charge in [0, 0.05) is 12.1 Å². The van der Waals surface area contributed by atoms with Gasteiger partial charge in [-0.05, 0) is 18.1 Å². The molecule has 0 aliphatic heterocycles. The van der Waals surface area contributed by atoms with Gasteiger partial charge in [-0.3, -0.25) is 4.79 Å². The molecule has 0 saturated carbocycles. The van der Waals surface area contributed by atoms with Crippen LogP contribution in [0.1, 0.15) is 24.2 Å². The van der Waals surface area contributed by atoms with E-state index in [0.717, 1.165) is 0 Å². The van der Waals surface area contributed by atoms with Crippen LogP contribution in [-0.2, 0) is 0 Å². The van der Waals surface area contributed by atoms with Crippen LogP contribution in [0, 0.1) is 5.92 Å². The van der Waals surface area contributed by atoms with Crippen molar-refractivity contribution in [3.05, 3.63) is 27.7 Å². The van der Waals surface area contributed by atoms with Crippen molar-refractivity contribution in [2.24, 2.45) is 5.92 Å². The minimum atomic E-state index is -0.589. The number of nitrogens with two attached hydrogens (primary N) is 1. The van der Waals surface area contributed by atoms with Crippen LogP contribution in [0.5, 0.6) is 0 Å². The summed E-state index contributed by atoms with van der Waals surface area (Å²) in [6.07, 6.45) is -0.589. The Balaban J connectivity index is 2.73. The van der Waals surface area contributed by atoms with Crippen molar-refractivity contribution in [2.75, 3.05) is 12.3 Å². The third-order valence-electron chi connectivity index (χ3n) is 2.58. The first-order valence-electron chi connectivity index (χ1n) is 5.53. The number of nitrogen functional groups attached to an aromatic ring is 1. The van der Waals surface area contributed by atoms with E-state index >= 15 is 0 Å². The van der Waals surface area contributed by atoms with E-state index in [2.05, 4.69) is 5.32 Å². The van der Waals surface area contributed by atoms with Crippen LogP contribution in [-0.4, -0.2) is 23.7 Å². The van der Waals surface area contributed by atoms with Gasteiger partial charge in [-0.2, -0.15) is 0 Å². The molecule has 0 aliphatic carbocycles. The van der Waals surface area contributed by atoms with Crippen molar-refractivity contribution in [1.29, 1.82) is 0 Å². The number of aliphatic hydroxyl groups is 1. The monoisotopic (exact) mass is 290 g/mol. The van der Waals surface area contributed by atoms with Crippen LogP contribution < -0.4 is 11.1 Å². The molecule has 0 aromatic heterocycles. The van der Waals surface area contributed by atoms with Crippen molar-refractivity contribution >= 4 is 34.8 Å². The molecule has 1 rings (SSSR count). The van der Waals surface area contributed by atoms with Crippen LogP contribution in [0.25, 0.3) is 0 Å². The lowest BCUT2D eigenvalue weighted by Crippen LogP contribution is -2.34. The highest BCUT2D eigenvalue weighted by molar-refractivity contribution is 6.39. The molecular weight excluding hydrogens is 275 g/mol. The molecule has 1 aromatic rings. The number of amides is 1. The number of halogens is 2. The van der Waals surface area contributed by atoms with E-state index < -0.39 is 6.10 Å². The van der Waals surface area contributed by atoms with Crippen molar-refractivity contribution in [3.63, 3.8) is 0 Å². The molecule has 0 heterocycles. The molecular formula is C12H16Cl2N2O2. The fraction of sp³-hybridized carbons (Fsp3) is 0.417. The highest BCUT2D eigenvalue weighted by Gasteiger charge is 2.14. The number of nitrogens with one attached hydrogen (secondary N) is 1. The standard InChI is InChI=1S/C12H16Cl2N2O2/c1-6(2)10(17)5-16-12(18)7-3-8(13)11(15)9(14)4-7/h3-4,6,10,17H,5,15H2,1-2H3,(H,16,18). The van der Waals surface area contributed by atoms with Crippen molar-refractivity contribution in [3.8, 4) is 0 Å². The van der Waals surface area contributed by atoms with Gasteiger partial charge >= 0.3 is 0 Å². The predicted octanol–water partition coefficient (Wildman–Crippen LogP) is 2.32. The molecule has 0 aliphatic rings. The smallest absolute Gasteiger partial charge is 0.251 e. The second kappa shape index (κ2) is 6.27. The molecule has 1 aromatic carbocycles. The lowest BCUT2D eigenvalue weighted by atomic mass is 10.1. The van der Waals surface area contributed by atoms with Crippen LogP contribution in [0.2, 0.25) is 10.0 Å². The van der Waals surface area contributed by atoms with E-state index in [1.807, 2.05) is 13.8 Å². The molecule has 0 saturated heterocycles. The maximum absolute atomic E-state index is 11.8. The Morgan fingerprint density at radius 3 is 2.33 bits per heavy atom. The van der Waals surface area contributed by atoms with E-state index in [-0.39, 0.29) is 34.1 Å². The SMILES string of the molecule is CC(C)C(O)CNC(=O)c1cc(Cl)c(N)c(Cl)c1. The van der Waals surface area contributed by atoms with Gasteiger partial charge < -0.3 is 16.2 Å². The number of rotatable bonds is 4. The largest absolute Gasteiger partial charge is 0.396 e. The van der Waals surface area contributed by atoms with Gasteiger partial charge in [0.15, 0.2) is 0 Å². The minimum Gasteiger partial charge on any atom is -0.396 e. The van der Waals surface area contributed by atoms with Gasteiger partial charge in [-0.25, -0.2) is 0 Å². The van der Waals surface area contributed by atoms with Crippen LogP contribution >= 0.6 is 23.2 Å². The Hall–Kier alpha value is -0.970. The summed E-state index contributed by atoms with van der Waals surface area (Å²) in [5.41, 5.74) is 6.14. The number of aliphatic hydroxyl groups excluding tert-OH is 1. The third-order valence-corrected chi connectivity index (χ3v) is 3.21. The first-order valence-corrected chi connectivity index (χ1v) is 6.29. The Bertz CT molecular complexity index is 427. The minimum absolute atomic E-state index is 0.0730. The lowest BCUT2D eigenvalue weighted by Gasteiger charge is -2.15. The van der Waals surface area contributed by atoms with Crippen LogP contribution in [0.3, 0.4) is 0 Å². The van der Waals surface area contributed by atoms with Gasteiger partial charge in [0.05, 0.1) is 21.8 Å². The molecule has 18 heavy (non-hydrogen) atoms. The highest BCUT2D eigenvalue weighted by atomic mass is 35.5. The van der Waals surface area contributed by atoms with E-state index in [1.54, 1.807) is 0 Å². The quantitative estimate of drug-likeness (QED) is 0.745. The molecule has 1 unspecified atom stereocenters. The van der Waals surface area contributed by atoms with E-state index in [1.165, 1.54) is 12.1 Å². The van der Waals surface area contributed by atoms with E-state index in [9.17, 15) is 9.90 Å². The van der Waals surface area contributed by atoms with Crippen molar-refractivity contribution < 1.29 is 9.90 Å². The zero-order valence-corrected chi connectivity index (χ0v) is 11.7. The van der Waals surface area contributed by atoms with Crippen LogP contribution in [0.4, 0.5) is 5.69 Å². The Morgan fingerprint density at radius 2 is 1.89 bits per heavy atom. The zero-order chi connectivity index (χ0) is 13.9. The number of hydrogen-bond donors (Lipinski definition) is 3. The average Bonchev–Trinajstić information content (AvgIpc) is 2.31. The maximum Gasteiger partial charge on any atom is 0.251 e. The van der Waals surface area contributed by atoms with E-state index in [4.69, 9.17) is 28.9 Å². The zero-order valence-electron chi connectivity index (χ0n) is 10.2. The molecule has 0 bridgehead atoms. The van der Waals surface area contributed by atoms with Gasteiger partial charge in [-0.1, -0.05) is 37.0 Å². The highest BCUT2D eigenvalue weighted by Crippen LogP contribution is 2.28. The summed E-state index contributed by atoms with van der Waals surface area (Å²) < 4.78 is 0. The third kappa shape index (κ3) is 3.77. The summed E-state index contributed by atoms with van der Waals surface area (Å²) in [5, 5.41) is 12.7. The molecule has 4 N–H and O–H groups in total. The van der Waals surface area contributed by atoms with Gasteiger partial charge in [-0.15, -0.1) is 0 Å². The van der Waals surface area contributed by atoms with Crippen LogP contribution in [0.15, 0.2) is 12.1 Å². The fourth-order valence-corrected chi connectivity index (χ4v) is 1.74. The van der Waals surface area contributed by atoms with Gasteiger partial charge in [0.1, 0.15) is 0 Å². The normalized spacial score (nSPS) is 12.6. The molecule has 1 amide bonds. The van der Waals surface area contributed by atoms with Gasteiger partial charge in [0.25, 0.3) is 5.91 Å². The average molecular weight is 291 g/mol. The molecule has 100 valence electrons. The molecule has 6 heteroatoms. The first-order chi connectivity index (χ1) is 8.32. The molecule has 0 radical (unpaired) electrons. The summed E-state index contributed by atoms with van der Waals surface area (Å²) in [4.78, 5) is 11.8. The summed E-state index contributed by atoms with van der Waals surface area (Å²) in [6, 6.07) is 2.89. The Labute approximate surface area is 116 Å². The Morgan fingerprint density at radius 1 is 1.39 bits per heavy atom. The lowest BCUT2D eigenvalue weighted by molar-refractivity contribution is 0.0871. The van der Waals surface area contributed by atoms with Crippen molar-refractivity contribution in [1.82, 2.24) is 5.32 Å². The van der Waals surface area contributed by atoms with Crippen molar-refractivity contribution in [2.45, 2.75) is 20.0 Å². The maximum atomic E-state index is 11.8. The second-order valence-electron chi connectivity index (χ2n) is 4.37. The number of carbonyl (C=O) groups is 1. The summed E-state index contributed by atoms with van der Waals surface area (Å²) in [5.74, 6) is -0.276.